The molecule has 1 N–H and O–H groups in total. The third-order valence-corrected chi connectivity index (χ3v) is 3.46. The summed E-state index contributed by atoms with van der Waals surface area (Å²) in [5.74, 6) is 0.947. The molecule has 0 bridgehead atoms. The van der Waals surface area contributed by atoms with Gasteiger partial charge in [-0.05, 0) is 18.0 Å². The molecular weight excluding hydrogens is 294 g/mol. The average Bonchev–Trinajstić information content (AvgIpc) is 2.96. The molecule has 2 aromatic heterocycles. The number of nitrogens with one attached hydrogen (secondary N) is 1. The number of hydrogen-bond donors (Lipinski definition) is 1. The molecular formula is C12H14ClN7O. The second-order valence-corrected chi connectivity index (χ2v) is 5.19. The van der Waals surface area contributed by atoms with Crippen molar-refractivity contribution in [2.24, 2.45) is 0 Å². The molecule has 9 heteroatoms. The van der Waals surface area contributed by atoms with Gasteiger partial charge in [-0.15, -0.1) is 0 Å². The van der Waals surface area contributed by atoms with E-state index in [-0.39, 0.29) is 17.2 Å². The highest BCUT2D eigenvalue weighted by molar-refractivity contribution is 6.28. The van der Waals surface area contributed by atoms with Crippen molar-refractivity contribution in [1.29, 1.82) is 0 Å². The normalized spacial score (nSPS) is 18.9. The summed E-state index contributed by atoms with van der Waals surface area (Å²) in [6.07, 6.45) is 6.20. The van der Waals surface area contributed by atoms with Gasteiger partial charge in [0.15, 0.2) is 0 Å². The highest BCUT2D eigenvalue weighted by atomic mass is 35.5. The minimum absolute atomic E-state index is 0.0989. The molecule has 1 fully saturated rings. The zero-order valence-corrected chi connectivity index (χ0v) is 12.2. The number of imidazole rings is 1. The summed E-state index contributed by atoms with van der Waals surface area (Å²) < 4.78 is 1.65. The van der Waals surface area contributed by atoms with Crippen molar-refractivity contribution in [2.45, 2.75) is 18.9 Å². The van der Waals surface area contributed by atoms with Gasteiger partial charge in [-0.2, -0.15) is 15.0 Å². The van der Waals surface area contributed by atoms with Gasteiger partial charge in [0.25, 0.3) is 0 Å². The molecule has 8 nitrogen and oxygen atoms in total. The van der Waals surface area contributed by atoms with Crippen molar-refractivity contribution in [3.63, 3.8) is 0 Å². The van der Waals surface area contributed by atoms with Crippen LogP contribution < -0.4 is 5.32 Å². The van der Waals surface area contributed by atoms with E-state index >= 15 is 0 Å². The van der Waals surface area contributed by atoms with E-state index < -0.39 is 0 Å². The third kappa shape index (κ3) is 3.10. The Hall–Kier alpha value is -2.22. The monoisotopic (exact) mass is 307 g/mol. The first-order chi connectivity index (χ1) is 10.1. The van der Waals surface area contributed by atoms with Crippen molar-refractivity contribution in [3.8, 4) is 5.95 Å². The van der Waals surface area contributed by atoms with Crippen molar-refractivity contribution < 1.29 is 4.79 Å². The molecule has 0 saturated carbocycles. The van der Waals surface area contributed by atoms with Crippen molar-refractivity contribution in [2.75, 3.05) is 18.9 Å². The molecule has 110 valence electrons. The molecule has 1 aliphatic rings. The number of hydrogen-bond acceptors (Lipinski definition) is 6. The summed E-state index contributed by atoms with van der Waals surface area (Å²) in [4.78, 5) is 29.6. The lowest BCUT2D eigenvalue weighted by Crippen LogP contribution is -2.43. The van der Waals surface area contributed by atoms with Crippen LogP contribution in [0.2, 0.25) is 5.28 Å². The first kappa shape index (κ1) is 13.7. The van der Waals surface area contributed by atoms with Crippen LogP contribution in [0.25, 0.3) is 5.95 Å². The smallest absolute Gasteiger partial charge is 0.241 e. The topological polar surface area (TPSA) is 88.8 Å². The molecule has 1 amide bonds. The Balaban J connectivity index is 1.78. The number of anilines is 1. The number of amides is 1. The van der Waals surface area contributed by atoms with E-state index in [2.05, 4.69) is 25.3 Å². The van der Waals surface area contributed by atoms with Gasteiger partial charge < -0.3 is 10.2 Å². The fourth-order valence-corrected chi connectivity index (χ4v) is 2.37. The number of carbonyl (C=O) groups excluding carboxylic acids is 1. The first-order valence-corrected chi connectivity index (χ1v) is 6.90. The van der Waals surface area contributed by atoms with Crippen LogP contribution in [0.4, 0.5) is 5.95 Å². The Morgan fingerprint density at radius 1 is 1.38 bits per heavy atom. The number of nitrogens with zero attached hydrogens (tertiary/aromatic N) is 6. The minimum Gasteiger partial charge on any atom is -0.350 e. The fraction of sp³-hybridized carbons (Fsp3) is 0.417. The highest BCUT2D eigenvalue weighted by Gasteiger charge is 2.23. The van der Waals surface area contributed by atoms with Gasteiger partial charge in [0, 0.05) is 38.4 Å². The molecule has 3 rings (SSSR count). The molecule has 0 aromatic carbocycles. The number of rotatable bonds is 3. The van der Waals surface area contributed by atoms with E-state index in [0.29, 0.717) is 24.9 Å². The minimum atomic E-state index is 0.0989. The van der Waals surface area contributed by atoms with Gasteiger partial charge in [0.05, 0.1) is 0 Å². The molecule has 1 aliphatic heterocycles. The third-order valence-electron chi connectivity index (χ3n) is 3.29. The predicted octanol–water partition coefficient (Wildman–Crippen LogP) is 0.743. The molecule has 0 spiro atoms. The van der Waals surface area contributed by atoms with Gasteiger partial charge in [-0.25, -0.2) is 4.98 Å². The molecule has 21 heavy (non-hydrogen) atoms. The van der Waals surface area contributed by atoms with Crippen LogP contribution in [0, 0.1) is 0 Å². The van der Waals surface area contributed by atoms with Crippen molar-refractivity contribution in [1.82, 2.24) is 29.4 Å². The van der Waals surface area contributed by atoms with Crippen LogP contribution >= 0.6 is 11.6 Å². The maximum absolute atomic E-state index is 11.5. The molecule has 1 saturated heterocycles. The van der Waals surface area contributed by atoms with Crippen LogP contribution in [-0.2, 0) is 4.79 Å². The zero-order valence-electron chi connectivity index (χ0n) is 11.4. The number of likely N-dealkylation sites (N-methyl/N-ethyl adjacent to an activating group) is 1. The quantitative estimate of drug-likeness (QED) is 0.900. The predicted molar refractivity (Wildman–Crippen MR) is 76.2 cm³/mol. The second-order valence-electron chi connectivity index (χ2n) is 4.85. The van der Waals surface area contributed by atoms with Gasteiger partial charge in [-0.1, -0.05) is 0 Å². The van der Waals surface area contributed by atoms with E-state index in [9.17, 15) is 4.79 Å². The van der Waals surface area contributed by atoms with Crippen molar-refractivity contribution in [3.05, 3.63) is 24.0 Å². The van der Waals surface area contributed by atoms with Gasteiger partial charge >= 0.3 is 0 Å². The maximum atomic E-state index is 11.5. The van der Waals surface area contributed by atoms with Crippen molar-refractivity contribution >= 4 is 23.5 Å². The Morgan fingerprint density at radius 2 is 2.24 bits per heavy atom. The highest BCUT2D eigenvalue weighted by Crippen LogP contribution is 2.15. The fourth-order valence-electron chi connectivity index (χ4n) is 2.21. The summed E-state index contributed by atoms with van der Waals surface area (Å²) >= 11 is 5.94. The molecule has 0 aliphatic carbocycles. The Morgan fingerprint density at radius 3 is 2.95 bits per heavy atom. The summed E-state index contributed by atoms with van der Waals surface area (Å²) in [7, 11) is 1.79. The Kier molecular flexibility index (Phi) is 3.70. The van der Waals surface area contributed by atoms with Crippen LogP contribution in [-0.4, -0.2) is 54.9 Å². The zero-order chi connectivity index (χ0) is 14.8. The van der Waals surface area contributed by atoms with E-state index in [4.69, 9.17) is 11.6 Å². The van der Waals surface area contributed by atoms with E-state index in [1.807, 2.05) is 0 Å². The van der Waals surface area contributed by atoms with Gasteiger partial charge in [0.1, 0.15) is 6.33 Å². The average molecular weight is 308 g/mol. The largest absolute Gasteiger partial charge is 0.350 e. The van der Waals surface area contributed by atoms with Gasteiger partial charge in [0.2, 0.25) is 23.1 Å². The van der Waals surface area contributed by atoms with E-state index in [1.165, 1.54) is 0 Å². The Bertz CT molecular complexity index is 645. The lowest BCUT2D eigenvalue weighted by Gasteiger charge is -2.30. The molecule has 3 heterocycles. The van der Waals surface area contributed by atoms with E-state index in [1.54, 1.807) is 35.2 Å². The second kappa shape index (κ2) is 5.65. The molecule has 2 aromatic rings. The van der Waals surface area contributed by atoms with Crippen LogP contribution in [0.15, 0.2) is 18.7 Å². The van der Waals surface area contributed by atoms with Crippen LogP contribution in [0.3, 0.4) is 0 Å². The number of likely N-dealkylation sites (tertiary alicyclic amines) is 1. The number of carbonyl (C=O) groups is 1. The number of piperidine rings is 1. The lowest BCUT2D eigenvalue weighted by atomic mass is 10.1. The van der Waals surface area contributed by atoms with E-state index in [0.717, 1.165) is 6.42 Å². The lowest BCUT2D eigenvalue weighted by molar-refractivity contribution is -0.132. The van der Waals surface area contributed by atoms with Crippen LogP contribution in [0.5, 0.6) is 0 Å². The van der Waals surface area contributed by atoms with Crippen LogP contribution in [0.1, 0.15) is 12.8 Å². The number of aromatic nitrogens is 5. The standard InChI is InChI=1S/C12H14ClN7O/c1-19-6-8(2-3-9(19)21)15-11-16-10(13)17-12(18-11)20-5-4-14-7-20/h4-5,7-8H,2-3,6H2,1H3,(H,15,16,17,18). The number of halogens is 1. The molecule has 1 atom stereocenters. The maximum Gasteiger partial charge on any atom is 0.241 e. The summed E-state index contributed by atoms with van der Waals surface area (Å²) in [5, 5.41) is 3.31. The molecule has 0 radical (unpaired) electrons. The summed E-state index contributed by atoms with van der Waals surface area (Å²) in [6, 6.07) is 0.0989. The molecule has 1 unspecified atom stereocenters. The Labute approximate surface area is 126 Å². The van der Waals surface area contributed by atoms with Gasteiger partial charge in [-0.3, -0.25) is 9.36 Å². The summed E-state index contributed by atoms with van der Waals surface area (Å²) in [5.41, 5.74) is 0. The first-order valence-electron chi connectivity index (χ1n) is 6.52. The SMILES string of the molecule is CN1CC(Nc2nc(Cl)nc(-n3ccnc3)n2)CCC1=O. The summed E-state index contributed by atoms with van der Waals surface area (Å²) in [6.45, 7) is 0.614.